The van der Waals surface area contributed by atoms with Gasteiger partial charge in [0, 0.05) is 11.4 Å². The first-order valence-corrected chi connectivity index (χ1v) is 12.4. The van der Waals surface area contributed by atoms with Crippen LogP contribution in [0.2, 0.25) is 0 Å². The van der Waals surface area contributed by atoms with Crippen LogP contribution < -0.4 is 5.32 Å². The molecular formula is C18H23N3O3S3. The normalized spacial score (nSPS) is 23.7. The number of thiazole rings is 1. The van der Waals surface area contributed by atoms with Crippen molar-refractivity contribution in [2.75, 3.05) is 11.9 Å². The van der Waals surface area contributed by atoms with E-state index in [2.05, 4.69) is 17.2 Å². The number of rotatable bonds is 4. The SMILES string of the molecule is C[C@@H]1CCc2nc(NC(=O)[C@@H]3CCCCN3S(=O)(=O)c3cccs3)sc2C1. The Bertz CT molecular complexity index is 921. The van der Waals surface area contributed by atoms with Gasteiger partial charge in [0.05, 0.1) is 5.69 Å². The van der Waals surface area contributed by atoms with Crippen LogP contribution >= 0.6 is 22.7 Å². The fraction of sp³-hybridized carbons (Fsp3) is 0.556. The predicted octanol–water partition coefficient (Wildman–Crippen LogP) is 3.51. The molecule has 2 aliphatic rings. The third-order valence-electron chi connectivity index (χ3n) is 5.23. The molecule has 0 radical (unpaired) electrons. The molecule has 27 heavy (non-hydrogen) atoms. The van der Waals surface area contributed by atoms with Gasteiger partial charge in [0.2, 0.25) is 5.91 Å². The lowest BCUT2D eigenvalue weighted by Crippen LogP contribution is -2.49. The van der Waals surface area contributed by atoms with Gasteiger partial charge in [-0.25, -0.2) is 13.4 Å². The molecule has 0 saturated carbocycles. The average Bonchev–Trinajstić information content (AvgIpc) is 3.31. The molecule has 2 aromatic rings. The molecule has 1 saturated heterocycles. The number of thiophene rings is 1. The van der Waals surface area contributed by atoms with Gasteiger partial charge in [-0.2, -0.15) is 4.31 Å². The van der Waals surface area contributed by atoms with E-state index < -0.39 is 16.1 Å². The molecule has 0 bridgehead atoms. The number of hydrogen-bond acceptors (Lipinski definition) is 6. The van der Waals surface area contributed by atoms with Gasteiger partial charge in [0.1, 0.15) is 10.3 Å². The van der Waals surface area contributed by atoms with Gasteiger partial charge in [-0.1, -0.05) is 19.4 Å². The number of sulfonamides is 1. The number of nitrogens with one attached hydrogen (secondary N) is 1. The fourth-order valence-electron chi connectivity index (χ4n) is 3.76. The maximum Gasteiger partial charge on any atom is 0.253 e. The summed E-state index contributed by atoms with van der Waals surface area (Å²) in [6, 6.07) is 2.64. The number of hydrogen-bond donors (Lipinski definition) is 1. The summed E-state index contributed by atoms with van der Waals surface area (Å²) in [6.07, 6.45) is 5.24. The number of fused-ring (bicyclic) bond motifs is 1. The topological polar surface area (TPSA) is 79.4 Å². The van der Waals surface area contributed by atoms with Crippen molar-refractivity contribution < 1.29 is 13.2 Å². The van der Waals surface area contributed by atoms with E-state index in [1.807, 2.05) is 0 Å². The lowest BCUT2D eigenvalue weighted by atomic mass is 9.93. The van der Waals surface area contributed by atoms with E-state index >= 15 is 0 Å². The van der Waals surface area contributed by atoms with Crippen LogP contribution in [-0.2, 0) is 27.7 Å². The Morgan fingerprint density at radius 2 is 2.19 bits per heavy atom. The smallest absolute Gasteiger partial charge is 0.253 e. The van der Waals surface area contributed by atoms with Crippen LogP contribution in [0.5, 0.6) is 0 Å². The van der Waals surface area contributed by atoms with Crippen LogP contribution in [0.3, 0.4) is 0 Å². The summed E-state index contributed by atoms with van der Waals surface area (Å²) in [6.45, 7) is 2.61. The molecule has 1 amide bonds. The van der Waals surface area contributed by atoms with E-state index in [1.165, 1.54) is 31.9 Å². The van der Waals surface area contributed by atoms with Crippen molar-refractivity contribution in [2.45, 2.75) is 55.7 Å². The Hall–Kier alpha value is -1.29. The van der Waals surface area contributed by atoms with Crippen molar-refractivity contribution in [3.8, 4) is 0 Å². The first-order chi connectivity index (χ1) is 12.9. The zero-order chi connectivity index (χ0) is 19.0. The molecule has 3 heterocycles. The van der Waals surface area contributed by atoms with Gasteiger partial charge in [-0.3, -0.25) is 4.79 Å². The second-order valence-corrected chi connectivity index (χ2v) is 11.4. The average molecular weight is 426 g/mol. The Kier molecular flexibility index (Phi) is 5.37. The van der Waals surface area contributed by atoms with E-state index in [4.69, 9.17) is 0 Å². The Morgan fingerprint density at radius 1 is 1.33 bits per heavy atom. The van der Waals surface area contributed by atoms with Crippen LogP contribution in [0.1, 0.15) is 43.2 Å². The molecule has 1 fully saturated rings. The molecule has 1 aliphatic heterocycles. The monoisotopic (exact) mass is 425 g/mol. The third-order valence-corrected chi connectivity index (χ3v) is 9.55. The Labute approximate surface area is 167 Å². The van der Waals surface area contributed by atoms with Crippen molar-refractivity contribution in [1.29, 1.82) is 0 Å². The summed E-state index contributed by atoms with van der Waals surface area (Å²) in [7, 11) is -3.64. The van der Waals surface area contributed by atoms with Crippen LogP contribution in [0.15, 0.2) is 21.7 Å². The van der Waals surface area contributed by atoms with Crippen LogP contribution in [0.4, 0.5) is 5.13 Å². The minimum atomic E-state index is -3.64. The van der Waals surface area contributed by atoms with Crippen LogP contribution in [0, 0.1) is 5.92 Å². The summed E-state index contributed by atoms with van der Waals surface area (Å²) in [5, 5.41) is 5.24. The van der Waals surface area contributed by atoms with E-state index in [9.17, 15) is 13.2 Å². The second-order valence-electron chi connectivity index (χ2n) is 7.29. The number of aryl methyl sites for hydroxylation is 1. The zero-order valence-corrected chi connectivity index (χ0v) is 17.6. The quantitative estimate of drug-likeness (QED) is 0.813. The van der Waals surface area contributed by atoms with Crippen molar-refractivity contribution in [1.82, 2.24) is 9.29 Å². The van der Waals surface area contributed by atoms with Gasteiger partial charge in [-0.15, -0.1) is 22.7 Å². The van der Waals surface area contributed by atoms with Gasteiger partial charge in [0.15, 0.2) is 5.13 Å². The summed E-state index contributed by atoms with van der Waals surface area (Å²) in [5.74, 6) is 0.375. The highest BCUT2D eigenvalue weighted by atomic mass is 32.2. The molecule has 6 nitrogen and oxygen atoms in total. The molecule has 2 atom stereocenters. The van der Waals surface area contributed by atoms with E-state index in [-0.39, 0.29) is 5.91 Å². The maximum absolute atomic E-state index is 13.0. The molecule has 2 aromatic heterocycles. The fourth-order valence-corrected chi connectivity index (χ4v) is 7.71. The summed E-state index contributed by atoms with van der Waals surface area (Å²) >= 11 is 2.72. The minimum Gasteiger partial charge on any atom is -0.301 e. The first-order valence-electron chi connectivity index (χ1n) is 9.30. The largest absolute Gasteiger partial charge is 0.301 e. The van der Waals surface area contributed by atoms with E-state index in [0.717, 1.165) is 37.8 Å². The number of anilines is 1. The molecule has 1 aliphatic carbocycles. The van der Waals surface area contributed by atoms with E-state index in [0.29, 0.717) is 28.2 Å². The van der Waals surface area contributed by atoms with Crippen molar-refractivity contribution in [3.05, 3.63) is 28.1 Å². The van der Waals surface area contributed by atoms with Crippen LogP contribution in [-0.4, -0.2) is 36.2 Å². The van der Waals surface area contributed by atoms with Gasteiger partial charge >= 0.3 is 0 Å². The molecule has 9 heteroatoms. The first kappa shape index (κ1) is 19.0. The van der Waals surface area contributed by atoms with Crippen molar-refractivity contribution in [2.24, 2.45) is 5.92 Å². The number of carbonyl (C=O) groups is 1. The molecule has 4 rings (SSSR count). The van der Waals surface area contributed by atoms with Crippen molar-refractivity contribution >= 4 is 43.7 Å². The van der Waals surface area contributed by atoms with Crippen LogP contribution in [0.25, 0.3) is 0 Å². The Balaban J connectivity index is 1.53. The van der Waals surface area contributed by atoms with Gasteiger partial charge in [0.25, 0.3) is 10.0 Å². The lowest BCUT2D eigenvalue weighted by Gasteiger charge is -2.32. The molecule has 0 unspecified atom stereocenters. The number of aromatic nitrogens is 1. The zero-order valence-electron chi connectivity index (χ0n) is 15.2. The lowest BCUT2D eigenvalue weighted by molar-refractivity contribution is -0.120. The maximum atomic E-state index is 13.0. The molecule has 146 valence electrons. The standard InChI is InChI=1S/C18H23N3O3S3/c1-12-7-8-13-15(11-12)26-18(19-13)20-17(22)14-5-2-3-9-21(14)27(23,24)16-6-4-10-25-16/h4,6,10,12,14H,2-3,5,7-9,11H2,1H3,(H,19,20,22)/t12-,14+/m1/s1. The Morgan fingerprint density at radius 3 is 2.96 bits per heavy atom. The van der Waals surface area contributed by atoms with Crippen molar-refractivity contribution in [3.63, 3.8) is 0 Å². The van der Waals surface area contributed by atoms with Gasteiger partial charge < -0.3 is 5.32 Å². The highest BCUT2D eigenvalue weighted by Gasteiger charge is 2.38. The van der Waals surface area contributed by atoms with E-state index in [1.54, 1.807) is 17.5 Å². The highest BCUT2D eigenvalue weighted by molar-refractivity contribution is 7.91. The second kappa shape index (κ2) is 7.62. The molecule has 1 N–H and O–H groups in total. The number of nitrogens with zero attached hydrogens (tertiary/aromatic N) is 2. The highest BCUT2D eigenvalue weighted by Crippen LogP contribution is 2.33. The summed E-state index contributed by atoms with van der Waals surface area (Å²) < 4.78 is 27.6. The number of carbonyl (C=O) groups excluding carboxylic acids is 1. The molecule has 0 aromatic carbocycles. The summed E-state index contributed by atoms with van der Waals surface area (Å²) in [5.41, 5.74) is 1.08. The number of amides is 1. The third kappa shape index (κ3) is 3.83. The minimum absolute atomic E-state index is 0.269. The van der Waals surface area contributed by atoms with Gasteiger partial charge in [-0.05, 0) is 49.5 Å². The number of piperidine rings is 1. The predicted molar refractivity (Wildman–Crippen MR) is 108 cm³/mol. The summed E-state index contributed by atoms with van der Waals surface area (Å²) in [4.78, 5) is 18.7. The molecule has 0 spiro atoms. The molecular weight excluding hydrogens is 402 g/mol.